The van der Waals surface area contributed by atoms with Gasteiger partial charge in [0, 0.05) is 18.7 Å². The monoisotopic (exact) mass is 290 g/mol. The number of benzene rings is 2. The molecule has 0 radical (unpaired) electrons. The molecule has 0 aliphatic rings. The van der Waals surface area contributed by atoms with E-state index in [1.165, 1.54) is 18.2 Å². The molecule has 0 bridgehead atoms. The minimum absolute atomic E-state index is 0.0535. The minimum Gasteiger partial charge on any atom is -0.329 e. The van der Waals surface area contributed by atoms with E-state index >= 15 is 0 Å². The van der Waals surface area contributed by atoms with Crippen molar-refractivity contribution in [2.75, 3.05) is 13.1 Å². The molecule has 0 spiro atoms. The first-order chi connectivity index (χ1) is 10.2. The van der Waals surface area contributed by atoms with Gasteiger partial charge in [0.05, 0.1) is 6.04 Å². The van der Waals surface area contributed by atoms with Gasteiger partial charge in [0.25, 0.3) is 0 Å². The fourth-order valence-electron chi connectivity index (χ4n) is 2.54. The topological polar surface area (TPSA) is 29.3 Å². The molecular formula is C17H20F2N2. The van der Waals surface area contributed by atoms with Crippen LogP contribution in [0.3, 0.4) is 0 Å². The van der Waals surface area contributed by atoms with Crippen molar-refractivity contribution in [3.8, 4) is 0 Å². The number of nitrogens with zero attached hydrogens (tertiary/aromatic N) is 1. The zero-order valence-electron chi connectivity index (χ0n) is 12.1. The van der Waals surface area contributed by atoms with Gasteiger partial charge in [-0.05, 0) is 24.2 Å². The van der Waals surface area contributed by atoms with Gasteiger partial charge in [0.1, 0.15) is 11.6 Å². The van der Waals surface area contributed by atoms with Gasteiger partial charge in [0.2, 0.25) is 0 Å². The summed E-state index contributed by atoms with van der Waals surface area (Å²) in [7, 11) is 0. The molecule has 0 aliphatic heterocycles. The van der Waals surface area contributed by atoms with Crippen LogP contribution < -0.4 is 5.73 Å². The summed E-state index contributed by atoms with van der Waals surface area (Å²) in [6.07, 6.45) is 0. The molecular weight excluding hydrogens is 270 g/mol. The molecule has 0 aromatic heterocycles. The lowest BCUT2D eigenvalue weighted by Gasteiger charge is -2.30. The molecule has 2 rings (SSSR count). The third-order valence-electron chi connectivity index (χ3n) is 3.63. The fraction of sp³-hybridized carbons (Fsp3) is 0.294. The Kier molecular flexibility index (Phi) is 5.42. The van der Waals surface area contributed by atoms with Crippen LogP contribution in [0.15, 0.2) is 48.5 Å². The molecule has 0 saturated heterocycles. The summed E-state index contributed by atoms with van der Waals surface area (Å²) in [5.41, 5.74) is 6.94. The third kappa shape index (κ3) is 3.65. The lowest BCUT2D eigenvalue weighted by molar-refractivity contribution is 0.195. The second-order valence-corrected chi connectivity index (χ2v) is 4.94. The molecule has 0 aliphatic carbocycles. The Balaban J connectivity index is 2.29. The highest BCUT2D eigenvalue weighted by atomic mass is 19.1. The van der Waals surface area contributed by atoms with E-state index in [-0.39, 0.29) is 12.1 Å². The highest BCUT2D eigenvalue weighted by Gasteiger charge is 2.24. The standard InChI is InChI=1S/C17H20F2N2/c1-2-21(12-13-7-4-3-5-8-13)16(11-20)17-14(18)9-6-10-15(17)19/h3-10,16H,2,11-12,20H2,1H3. The van der Waals surface area contributed by atoms with Crippen LogP contribution in [0.1, 0.15) is 24.1 Å². The smallest absolute Gasteiger partial charge is 0.130 e. The molecule has 2 aromatic rings. The Labute approximate surface area is 124 Å². The van der Waals surface area contributed by atoms with Crippen LogP contribution in [-0.4, -0.2) is 18.0 Å². The van der Waals surface area contributed by atoms with Gasteiger partial charge in [-0.25, -0.2) is 8.78 Å². The van der Waals surface area contributed by atoms with Crippen LogP contribution in [0, 0.1) is 11.6 Å². The number of rotatable bonds is 6. The number of hydrogen-bond donors (Lipinski definition) is 1. The van der Waals surface area contributed by atoms with Crippen LogP contribution in [-0.2, 0) is 6.54 Å². The summed E-state index contributed by atoms with van der Waals surface area (Å²) in [6, 6.07) is 13.3. The molecule has 21 heavy (non-hydrogen) atoms. The van der Waals surface area contributed by atoms with Crippen molar-refractivity contribution in [2.24, 2.45) is 5.73 Å². The average Bonchev–Trinajstić information content (AvgIpc) is 2.50. The molecule has 2 nitrogen and oxygen atoms in total. The first kappa shape index (κ1) is 15.6. The quantitative estimate of drug-likeness (QED) is 0.882. The van der Waals surface area contributed by atoms with E-state index < -0.39 is 17.7 Å². The maximum Gasteiger partial charge on any atom is 0.130 e. The van der Waals surface area contributed by atoms with Crippen molar-refractivity contribution in [3.05, 3.63) is 71.3 Å². The van der Waals surface area contributed by atoms with Crippen LogP contribution in [0.2, 0.25) is 0 Å². The second-order valence-electron chi connectivity index (χ2n) is 4.94. The number of likely N-dealkylation sites (N-methyl/N-ethyl adjacent to an activating group) is 1. The summed E-state index contributed by atoms with van der Waals surface area (Å²) in [4.78, 5) is 1.98. The predicted molar refractivity (Wildman–Crippen MR) is 80.7 cm³/mol. The van der Waals surface area contributed by atoms with E-state index in [9.17, 15) is 8.78 Å². The summed E-state index contributed by atoms with van der Waals surface area (Å²) in [5.74, 6) is -1.09. The highest BCUT2D eigenvalue weighted by Crippen LogP contribution is 2.26. The first-order valence-corrected chi connectivity index (χ1v) is 7.09. The van der Waals surface area contributed by atoms with Gasteiger partial charge >= 0.3 is 0 Å². The molecule has 0 fully saturated rings. The number of nitrogens with two attached hydrogens (primary N) is 1. The Hall–Kier alpha value is -1.78. The first-order valence-electron chi connectivity index (χ1n) is 7.09. The van der Waals surface area contributed by atoms with E-state index in [0.717, 1.165) is 5.56 Å². The lowest BCUT2D eigenvalue weighted by Crippen LogP contribution is -2.34. The molecule has 112 valence electrons. The SMILES string of the molecule is CCN(Cc1ccccc1)C(CN)c1c(F)cccc1F. The van der Waals surface area contributed by atoms with Crippen LogP contribution in [0.25, 0.3) is 0 Å². The molecule has 1 unspecified atom stereocenters. The van der Waals surface area contributed by atoms with Crippen LogP contribution in [0.5, 0.6) is 0 Å². The van der Waals surface area contributed by atoms with E-state index in [2.05, 4.69) is 0 Å². The van der Waals surface area contributed by atoms with Gasteiger partial charge < -0.3 is 5.73 Å². The minimum atomic E-state index is -0.544. The molecule has 2 aromatic carbocycles. The van der Waals surface area contributed by atoms with E-state index in [1.807, 2.05) is 42.2 Å². The van der Waals surface area contributed by atoms with E-state index in [0.29, 0.717) is 13.1 Å². The Bertz CT molecular complexity index is 552. The normalized spacial score (nSPS) is 12.6. The van der Waals surface area contributed by atoms with Crippen LogP contribution in [0.4, 0.5) is 8.78 Å². The molecule has 0 saturated carbocycles. The van der Waals surface area contributed by atoms with Gasteiger partial charge in [-0.3, -0.25) is 4.90 Å². The summed E-state index contributed by atoms with van der Waals surface area (Å²) >= 11 is 0. The predicted octanol–water partition coefficient (Wildman–Crippen LogP) is 3.49. The van der Waals surface area contributed by atoms with Crippen molar-refractivity contribution in [2.45, 2.75) is 19.5 Å². The summed E-state index contributed by atoms with van der Waals surface area (Å²) < 4.78 is 28.0. The van der Waals surface area contributed by atoms with Crippen molar-refractivity contribution >= 4 is 0 Å². The zero-order chi connectivity index (χ0) is 15.2. The van der Waals surface area contributed by atoms with Crippen LogP contribution >= 0.6 is 0 Å². The second kappa shape index (κ2) is 7.29. The fourth-order valence-corrected chi connectivity index (χ4v) is 2.54. The van der Waals surface area contributed by atoms with Gasteiger partial charge in [0.15, 0.2) is 0 Å². The van der Waals surface area contributed by atoms with Gasteiger partial charge in [-0.2, -0.15) is 0 Å². The maximum absolute atomic E-state index is 14.0. The molecule has 0 amide bonds. The van der Waals surface area contributed by atoms with Gasteiger partial charge in [-0.15, -0.1) is 0 Å². The highest BCUT2D eigenvalue weighted by molar-refractivity contribution is 5.24. The lowest BCUT2D eigenvalue weighted by atomic mass is 10.0. The largest absolute Gasteiger partial charge is 0.329 e. The zero-order valence-corrected chi connectivity index (χ0v) is 12.1. The van der Waals surface area contributed by atoms with Gasteiger partial charge in [-0.1, -0.05) is 43.3 Å². The average molecular weight is 290 g/mol. The molecule has 2 N–H and O–H groups in total. The van der Waals surface area contributed by atoms with E-state index in [1.54, 1.807) is 0 Å². The van der Waals surface area contributed by atoms with Crippen molar-refractivity contribution in [3.63, 3.8) is 0 Å². The summed E-state index contributed by atoms with van der Waals surface area (Å²) in [5, 5.41) is 0. The van der Waals surface area contributed by atoms with Crippen molar-refractivity contribution in [1.29, 1.82) is 0 Å². The molecule has 0 heterocycles. The number of halogens is 2. The van der Waals surface area contributed by atoms with E-state index in [4.69, 9.17) is 5.73 Å². The third-order valence-corrected chi connectivity index (χ3v) is 3.63. The van der Waals surface area contributed by atoms with Crippen molar-refractivity contribution in [1.82, 2.24) is 4.90 Å². The summed E-state index contributed by atoms with van der Waals surface area (Å²) in [6.45, 7) is 3.39. The number of hydrogen-bond acceptors (Lipinski definition) is 2. The Morgan fingerprint density at radius 2 is 1.62 bits per heavy atom. The maximum atomic E-state index is 14.0. The Morgan fingerprint density at radius 1 is 1.00 bits per heavy atom. The Morgan fingerprint density at radius 3 is 2.14 bits per heavy atom. The van der Waals surface area contributed by atoms with Crippen molar-refractivity contribution < 1.29 is 8.78 Å². The molecule has 4 heteroatoms. The molecule has 1 atom stereocenters.